The molecule has 0 aliphatic heterocycles. The second-order valence-corrected chi connectivity index (χ2v) is 5.08. The van der Waals surface area contributed by atoms with Crippen LogP contribution < -0.4 is 0 Å². The third-order valence-electron chi connectivity index (χ3n) is 2.85. The summed E-state index contributed by atoms with van der Waals surface area (Å²) >= 11 is 1.36. The van der Waals surface area contributed by atoms with Crippen molar-refractivity contribution in [2.75, 3.05) is 13.6 Å². The Morgan fingerprint density at radius 1 is 1.26 bits per heavy atom. The Morgan fingerprint density at radius 2 is 2.00 bits per heavy atom. The normalized spacial score (nSPS) is 10.5. The molecule has 2 aromatic heterocycles. The summed E-state index contributed by atoms with van der Waals surface area (Å²) in [6, 6.07) is 0. The maximum absolute atomic E-state index is 12.0. The van der Waals surface area contributed by atoms with Crippen LogP contribution in [0.15, 0.2) is 18.6 Å². The van der Waals surface area contributed by atoms with Gasteiger partial charge in [0.15, 0.2) is 0 Å². The van der Waals surface area contributed by atoms with Gasteiger partial charge >= 0.3 is 0 Å². The summed E-state index contributed by atoms with van der Waals surface area (Å²) < 4.78 is 0. The fourth-order valence-electron chi connectivity index (χ4n) is 1.62. The molecule has 2 heterocycles. The molecule has 0 saturated heterocycles. The van der Waals surface area contributed by atoms with Crippen LogP contribution in [0.1, 0.15) is 29.2 Å². The summed E-state index contributed by atoms with van der Waals surface area (Å²) in [5, 5.41) is 0.748. The number of amides is 1. The number of hydrogen-bond donors (Lipinski definition) is 0. The molecule has 100 valence electrons. The minimum atomic E-state index is -0.00631. The van der Waals surface area contributed by atoms with E-state index in [9.17, 15) is 4.79 Å². The number of hydrogen-bond acceptors (Lipinski definition) is 5. The van der Waals surface area contributed by atoms with Crippen LogP contribution in [0.25, 0.3) is 10.7 Å². The first-order chi connectivity index (χ1) is 9.17. The average Bonchev–Trinajstić information content (AvgIpc) is 2.95. The van der Waals surface area contributed by atoms with E-state index in [-0.39, 0.29) is 5.91 Å². The summed E-state index contributed by atoms with van der Waals surface area (Å²) in [6.45, 7) is 4.65. The molecule has 0 aromatic carbocycles. The monoisotopic (exact) mass is 276 g/mol. The SMILES string of the molecule is CCc1nccnc1-c1ncc(C(=O)N(C)CC)s1. The van der Waals surface area contributed by atoms with Crippen LogP contribution in [0.2, 0.25) is 0 Å². The lowest BCUT2D eigenvalue weighted by molar-refractivity contribution is 0.0807. The van der Waals surface area contributed by atoms with Gasteiger partial charge in [0.2, 0.25) is 0 Å². The zero-order valence-corrected chi connectivity index (χ0v) is 12.1. The molecule has 1 amide bonds. The Labute approximate surface area is 116 Å². The predicted molar refractivity (Wildman–Crippen MR) is 75.2 cm³/mol. The van der Waals surface area contributed by atoms with Crippen molar-refractivity contribution in [1.29, 1.82) is 0 Å². The zero-order valence-electron chi connectivity index (χ0n) is 11.3. The summed E-state index contributed by atoms with van der Waals surface area (Å²) in [7, 11) is 1.78. The van der Waals surface area contributed by atoms with E-state index in [2.05, 4.69) is 15.0 Å². The maximum atomic E-state index is 12.0. The molecule has 0 saturated carbocycles. The molecular weight excluding hydrogens is 260 g/mol. The predicted octanol–water partition coefficient (Wildman–Crippen LogP) is 2.25. The van der Waals surface area contributed by atoms with Crippen LogP contribution in [0.4, 0.5) is 0 Å². The lowest BCUT2D eigenvalue weighted by Crippen LogP contribution is -2.25. The molecule has 0 atom stereocenters. The topological polar surface area (TPSA) is 59.0 Å². The van der Waals surface area contributed by atoms with E-state index < -0.39 is 0 Å². The van der Waals surface area contributed by atoms with Crippen LogP contribution >= 0.6 is 11.3 Å². The zero-order chi connectivity index (χ0) is 13.8. The second kappa shape index (κ2) is 5.88. The number of thiazole rings is 1. The third kappa shape index (κ3) is 2.78. The standard InChI is InChI=1S/C13H16N4OS/c1-4-9-11(15-7-6-14-9)12-16-8-10(19-12)13(18)17(3)5-2/h6-8H,4-5H2,1-3H3. The van der Waals surface area contributed by atoms with Gasteiger partial charge in [0, 0.05) is 26.0 Å². The van der Waals surface area contributed by atoms with E-state index in [1.165, 1.54) is 11.3 Å². The molecule has 0 unspecified atom stereocenters. The molecule has 6 heteroatoms. The van der Waals surface area contributed by atoms with Gasteiger partial charge in [-0.25, -0.2) is 4.98 Å². The molecular formula is C13H16N4OS. The van der Waals surface area contributed by atoms with Gasteiger partial charge < -0.3 is 4.90 Å². The molecule has 5 nitrogen and oxygen atoms in total. The first kappa shape index (κ1) is 13.6. The van der Waals surface area contributed by atoms with Gasteiger partial charge in [-0.3, -0.25) is 14.8 Å². The third-order valence-corrected chi connectivity index (χ3v) is 3.84. The van der Waals surface area contributed by atoms with Crippen molar-refractivity contribution in [3.05, 3.63) is 29.2 Å². The van der Waals surface area contributed by atoms with Crippen LogP contribution in [0.5, 0.6) is 0 Å². The van der Waals surface area contributed by atoms with Gasteiger partial charge in [0.05, 0.1) is 11.9 Å². The number of aryl methyl sites for hydroxylation is 1. The van der Waals surface area contributed by atoms with Crippen LogP contribution in [0.3, 0.4) is 0 Å². The Kier molecular flexibility index (Phi) is 4.21. The van der Waals surface area contributed by atoms with Crippen LogP contribution in [-0.4, -0.2) is 39.4 Å². The molecule has 0 aliphatic carbocycles. The highest BCUT2D eigenvalue weighted by atomic mass is 32.1. The Hall–Kier alpha value is -1.82. The highest BCUT2D eigenvalue weighted by Gasteiger charge is 2.16. The minimum absolute atomic E-state index is 0.00631. The van der Waals surface area contributed by atoms with Crippen molar-refractivity contribution in [1.82, 2.24) is 19.9 Å². The van der Waals surface area contributed by atoms with Crippen molar-refractivity contribution in [2.24, 2.45) is 0 Å². The fraction of sp³-hybridized carbons (Fsp3) is 0.385. The van der Waals surface area contributed by atoms with Crippen LogP contribution in [0, 0.1) is 0 Å². The largest absolute Gasteiger partial charge is 0.341 e. The number of aromatic nitrogens is 3. The summed E-state index contributed by atoms with van der Waals surface area (Å²) in [6.07, 6.45) is 5.73. The van der Waals surface area contributed by atoms with Gasteiger partial charge in [0.1, 0.15) is 15.6 Å². The van der Waals surface area contributed by atoms with Gasteiger partial charge in [-0.2, -0.15) is 0 Å². The molecule has 0 spiro atoms. The minimum Gasteiger partial charge on any atom is -0.341 e. The van der Waals surface area contributed by atoms with E-state index in [1.54, 1.807) is 30.5 Å². The quantitative estimate of drug-likeness (QED) is 0.859. The van der Waals surface area contributed by atoms with E-state index in [4.69, 9.17) is 0 Å². The fourth-order valence-corrected chi connectivity index (χ4v) is 2.55. The lowest BCUT2D eigenvalue weighted by atomic mass is 10.2. The van der Waals surface area contributed by atoms with Gasteiger partial charge in [-0.05, 0) is 13.3 Å². The Balaban J connectivity index is 2.33. The van der Waals surface area contributed by atoms with E-state index in [0.29, 0.717) is 11.4 Å². The molecule has 0 aliphatic rings. The van der Waals surface area contributed by atoms with Gasteiger partial charge in [-0.1, -0.05) is 6.92 Å². The first-order valence-electron chi connectivity index (χ1n) is 6.18. The van der Waals surface area contributed by atoms with Gasteiger partial charge in [-0.15, -0.1) is 11.3 Å². The highest BCUT2D eigenvalue weighted by Crippen LogP contribution is 2.26. The molecule has 0 fully saturated rings. The molecule has 2 rings (SSSR count). The van der Waals surface area contributed by atoms with E-state index >= 15 is 0 Å². The molecule has 2 aromatic rings. The Bertz CT molecular complexity index is 582. The van der Waals surface area contributed by atoms with E-state index in [0.717, 1.165) is 22.8 Å². The first-order valence-corrected chi connectivity index (χ1v) is 7.00. The number of carbonyl (C=O) groups excluding carboxylic acids is 1. The smallest absolute Gasteiger partial charge is 0.265 e. The Morgan fingerprint density at radius 3 is 2.68 bits per heavy atom. The number of carbonyl (C=O) groups is 1. The molecule has 0 N–H and O–H groups in total. The summed E-state index contributed by atoms with van der Waals surface area (Å²) in [5.41, 5.74) is 1.67. The van der Waals surface area contributed by atoms with Crippen molar-refractivity contribution in [3.63, 3.8) is 0 Å². The van der Waals surface area contributed by atoms with Gasteiger partial charge in [0.25, 0.3) is 5.91 Å². The van der Waals surface area contributed by atoms with Crippen molar-refractivity contribution in [3.8, 4) is 10.7 Å². The average molecular weight is 276 g/mol. The number of nitrogens with zero attached hydrogens (tertiary/aromatic N) is 4. The van der Waals surface area contributed by atoms with E-state index in [1.807, 2.05) is 13.8 Å². The van der Waals surface area contributed by atoms with Crippen molar-refractivity contribution in [2.45, 2.75) is 20.3 Å². The molecule has 0 radical (unpaired) electrons. The second-order valence-electron chi connectivity index (χ2n) is 4.05. The summed E-state index contributed by atoms with van der Waals surface area (Å²) in [5.74, 6) is -0.00631. The van der Waals surface area contributed by atoms with Crippen molar-refractivity contribution < 1.29 is 4.79 Å². The lowest BCUT2D eigenvalue weighted by Gasteiger charge is -2.11. The molecule has 0 bridgehead atoms. The van der Waals surface area contributed by atoms with Crippen molar-refractivity contribution >= 4 is 17.2 Å². The summed E-state index contributed by atoms with van der Waals surface area (Å²) in [4.78, 5) is 27.2. The number of rotatable bonds is 4. The highest BCUT2D eigenvalue weighted by molar-refractivity contribution is 7.16. The van der Waals surface area contributed by atoms with Crippen LogP contribution in [-0.2, 0) is 6.42 Å². The molecule has 19 heavy (non-hydrogen) atoms. The maximum Gasteiger partial charge on any atom is 0.265 e.